The van der Waals surface area contributed by atoms with E-state index >= 15 is 0 Å². The second-order valence-electron chi connectivity index (χ2n) is 5.01. The maximum Gasteiger partial charge on any atom is 0.247 e. The van der Waals surface area contributed by atoms with Crippen LogP contribution in [0.1, 0.15) is 38.8 Å². The van der Waals surface area contributed by atoms with Crippen LogP contribution in [0.5, 0.6) is 11.5 Å². The van der Waals surface area contributed by atoms with Gasteiger partial charge in [0, 0.05) is 10.0 Å². The Morgan fingerprint density at radius 2 is 2.00 bits per heavy atom. The second-order valence-corrected chi connectivity index (χ2v) is 5.86. The second kappa shape index (κ2) is 6.98. The Balaban J connectivity index is 2.17. The highest BCUT2D eigenvalue weighted by molar-refractivity contribution is 9.10. The molecule has 1 amide bonds. The van der Waals surface area contributed by atoms with Crippen molar-refractivity contribution in [3.05, 3.63) is 33.8 Å². The number of fused-ring (bicyclic) bond motifs is 1. The minimum absolute atomic E-state index is 0.0499. The third kappa shape index (κ3) is 3.79. The fourth-order valence-electron chi connectivity index (χ4n) is 2.20. The molecule has 1 aliphatic heterocycles. The predicted octanol–water partition coefficient (Wildman–Crippen LogP) is 3.75. The average molecular weight is 354 g/mol. The van der Waals surface area contributed by atoms with E-state index in [1.54, 1.807) is 0 Å². The van der Waals surface area contributed by atoms with Gasteiger partial charge >= 0.3 is 0 Å². The molecule has 1 heterocycles. The molecule has 1 N–H and O–H groups in total. The van der Waals surface area contributed by atoms with Crippen LogP contribution in [0, 0.1) is 0 Å². The Hall–Kier alpha value is -1.49. The third-order valence-corrected chi connectivity index (χ3v) is 4.03. The molecule has 0 saturated heterocycles. The highest BCUT2D eigenvalue weighted by Gasteiger charge is 2.19. The molecule has 1 aromatic rings. The lowest BCUT2D eigenvalue weighted by Crippen LogP contribution is -2.27. The number of rotatable bonds is 4. The number of halogens is 1. The molecule has 1 aliphatic rings. The largest absolute Gasteiger partial charge is 0.486 e. The summed E-state index contributed by atoms with van der Waals surface area (Å²) in [7, 11) is 0. The average Bonchev–Trinajstić information content (AvgIpc) is 2.46. The predicted molar refractivity (Wildman–Crippen MR) is 85.7 cm³/mol. The van der Waals surface area contributed by atoms with E-state index in [9.17, 15) is 4.79 Å². The lowest BCUT2D eigenvalue weighted by atomic mass is 10.1. The van der Waals surface area contributed by atoms with Crippen LogP contribution in [-0.4, -0.2) is 19.1 Å². The zero-order chi connectivity index (χ0) is 15.4. The molecule has 0 saturated carbocycles. The molecule has 1 unspecified atom stereocenters. The molecular weight excluding hydrogens is 334 g/mol. The number of carbonyl (C=O) groups is 1. The van der Waals surface area contributed by atoms with Crippen LogP contribution in [0.3, 0.4) is 0 Å². The molecule has 21 heavy (non-hydrogen) atoms. The van der Waals surface area contributed by atoms with E-state index in [0.717, 1.165) is 33.5 Å². The number of ether oxygens (including phenoxy) is 2. The number of allylic oxidation sites excluding steroid dienone is 1. The summed E-state index contributed by atoms with van der Waals surface area (Å²) in [6, 6.07) is 3.69. The molecular formula is C16H20BrNO3. The molecule has 2 rings (SSSR count). The first kappa shape index (κ1) is 15.9. The van der Waals surface area contributed by atoms with Crippen LogP contribution in [-0.2, 0) is 4.79 Å². The highest BCUT2D eigenvalue weighted by Crippen LogP contribution is 2.37. The first-order valence-electron chi connectivity index (χ1n) is 7.09. The topological polar surface area (TPSA) is 47.6 Å². The van der Waals surface area contributed by atoms with Crippen molar-refractivity contribution in [1.82, 2.24) is 5.32 Å². The Bertz CT molecular complexity index is 569. The number of carbonyl (C=O) groups excluding carboxylic acids is 1. The van der Waals surface area contributed by atoms with Crippen LogP contribution in [0.25, 0.3) is 0 Å². The summed E-state index contributed by atoms with van der Waals surface area (Å²) in [5.74, 6) is 1.41. The summed E-state index contributed by atoms with van der Waals surface area (Å²) < 4.78 is 12.0. The third-order valence-electron chi connectivity index (χ3n) is 3.34. The van der Waals surface area contributed by atoms with E-state index in [-0.39, 0.29) is 11.9 Å². The van der Waals surface area contributed by atoms with Gasteiger partial charge in [0.05, 0.1) is 6.04 Å². The standard InChI is InChI=1S/C16H20BrNO3/c1-4-5-10(2)16(19)18-11(3)12-8-14-15(9-13(12)17)21-7-6-20-14/h5,8-9,11H,4,6-7H2,1-3H3,(H,18,19)/b10-5+. The van der Waals surface area contributed by atoms with Crippen LogP contribution < -0.4 is 14.8 Å². The van der Waals surface area contributed by atoms with Crippen molar-refractivity contribution >= 4 is 21.8 Å². The first-order valence-corrected chi connectivity index (χ1v) is 7.89. The van der Waals surface area contributed by atoms with Gasteiger partial charge in [-0.1, -0.05) is 28.9 Å². The molecule has 5 heteroatoms. The van der Waals surface area contributed by atoms with E-state index in [2.05, 4.69) is 21.2 Å². The lowest BCUT2D eigenvalue weighted by Gasteiger charge is -2.22. The SMILES string of the molecule is CC/C=C(\C)C(=O)NC(C)c1cc2c(cc1Br)OCCO2. The van der Waals surface area contributed by atoms with E-state index in [1.165, 1.54) is 0 Å². The van der Waals surface area contributed by atoms with Gasteiger partial charge in [0.1, 0.15) is 13.2 Å². The van der Waals surface area contributed by atoms with Gasteiger partial charge in [-0.05, 0) is 38.0 Å². The molecule has 0 bridgehead atoms. The van der Waals surface area contributed by atoms with Crippen molar-refractivity contribution in [2.24, 2.45) is 0 Å². The number of hydrogen-bond acceptors (Lipinski definition) is 3. The molecule has 114 valence electrons. The minimum Gasteiger partial charge on any atom is -0.486 e. The van der Waals surface area contributed by atoms with E-state index < -0.39 is 0 Å². The normalized spacial score (nSPS) is 15.5. The fourth-order valence-corrected chi connectivity index (χ4v) is 2.86. The van der Waals surface area contributed by atoms with Gasteiger partial charge < -0.3 is 14.8 Å². The molecule has 0 aromatic heterocycles. The van der Waals surface area contributed by atoms with Gasteiger partial charge in [-0.2, -0.15) is 0 Å². The molecule has 0 aliphatic carbocycles. The van der Waals surface area contributed by atoms with Crippen LogP contribution in [0.4, 0.5) is 0 Å². The van der Waals surface area contributed by atoms with Crippen LogP contribution in [0.2, 0.25) is 0 Å². The Morgan fingerprint density at radius 1 is 1.38 bits per heavy atom. The number of benzene rings is 1. The van der Waals surface area contributed by atoms with Gasteiger partial charge in [-0.25, -0.2) is 0 Å². The Morgan fingerprint density at radius 3 is 2.62 bits per heavy atom. The smallest absolute Gasteiger partial charge is 0.247 e. The van der Waals surface area contributed by atoms with Crippen molar-refractivity contribution < 1.29 is 14.3 Å². The van der Waals surface area contributed by atoms with Gasteiger partial charge in [0.25, 0.3) is 0 Å². The maximum atomic E-state index is 12.1. The zero-order valence-corrected chi connectivity index (χ0v) is 14.1. The van der Waals surface area contributed by atoms with Crippen molar-refractivity contribution in [2.45, 2.75) is 33.2 Å². The van der Waals surface area contributed by atoms with Crippen LogP contribution >= 0.6 is 15.9 Å². The van der Waals surface area contributed by atoms with E-state index in [1.807, 2.05) is 39.0 Å². The van der Waals surface area contributed by atoms with Gasteiger partial charge in [-0.15, -0.1) is 0 Å². The zero-order valence-electron chi connectivity index (χ0n) is 12.5. The van der Waals surface area contributed by atoms with Gasteiger partial charge in [-0.3, -0.25) is 4.79 Å². The first-order chi connectivity index (χ1) is 10.0. The monoisotopic (exact) mass is 353 g/mol. The lowest BCUT2D eigenvalue weighted by molar-refractivity contribution is -0.118. The summed E-state index contributed by atoms with van der Waals surface area (Å²) in [6.45, 7) is 6.90. The van der Waals surface area contributed by atoms with Gasteiger partial charge in [0.2, 0.25) is 5.91 Å². The maximum absolute atomic E-state index is 12.1. The number of amides is 1. The minimum atomic E-state index is -0.122. The summed E-state index contributed by atoms with van der Waals surface area (Å²) >= 11 is 3.53. The molecule has 0 spiro atoms. The van der Waals surface area contributed by atoms with Crippen molar-refractivity contribution in [2.75, 3.05) is 13.2 Å². The fraction of sp³-hybridized carbons (Fsp3) is 0.438. The summed E-state index contributed by atoms with van der Waals surface area (Å²) in [5, 5.41) is 2.99. The van der Waals surface area contributed by atoms with E-state index in [4.69, 9.17) is 9.47 Å². The van der Waals surface area contributed by atoms with Crippen molar-refractivity contribution in [1.29, 1.82) is 0 Å². The number of hydrogen-bond donors (Lipinski definition) is 1. The van der Waals surface area contributed by atoms with Gasteiger partial charge in [0.15, 0.2) is 11.5 Å². The Kier molecular flexibility index (Phi) is 5.28. The molecule has 1 aromatic carbocycles. The van der Waals surface area contributed by atoms with Crippen molar-refractivity contribution in [3.8, 4) is 11.5 Å². The molecule has 0 fully saturated rings. The highest BCUT2D eigenvalue weighted by atomic mass is 79.9. The molecule has 1 atom stereocenters. The van der Waals surface area contributed by atoms with Crippen LogP contribution in [0.15, 0.2) is 28.3 Å². The van der Waals surface area contributed by atoms with Crippen molar-refractivity contribution in [3.63, 3.8) is 0 Å². The van der Waals surface area contributed by atoms with E-state index in [0.29, 0.717) is 13.2 Å². The Labute approximate surface area is 133 Å². The summed E-state index contributed by atoms with van der Waals surface area (Å²) in [6.07, 6.45) is 2.77. The molecule has 0 radical (unpaired) electrons. The molecule has 4 nitrogen and oxygen atoms in total. The summed E-state index contributed by atoms with van der Waals surface area (Å²) in [5.41, 5.74) is 1.70. The number of nitrogens with one attached hydrogen (secondary N) is 1. The quantitative estimate of drug-likeness (QED) is 0.838. The summed E-state index contributed by atoms with van der Waals surface area (Å²) in [4.78, 5) is 12.1.